The second kappa shape index (κ2) is 54.1. The Hall–Kier alpha value is 13.1. The molecule has 0 saturated heterocycles. The van der Waals surface area contributed by atoms with Crippen LogP contribution in [0.5, 0.6) is 0 Å². The van der Waals surface area contributed by atoms with E-state index in [1.807, 2.05) is 145 Å². The van der Waals surface area contributed by atoms with E-state index in [1.54, 1.807) is 6.92 Å². The first-order valence-corrected chi connectivity index (χ1v) is 111. The van der Waals surface area contributed by atoms with Crippen molar-refractivity contribution in [1.29, 1.82) is 0 Å². The maximum Gasteiger partial charge on any atom is 0.306 e. The molecule has 0 bridgehead atoms. The van der Waals surface area contributed by atoms with Gasteiger partial charge in [-0.05, 0) is 235 Å². The third-order valence-corrected chi connectivity index (χ3v) is 272. The number of benzene rings is 4. The Bertz CT molecular complexity index is 4020. The van der Waals surface area contributed by atoms with Gasteiger partial charge in [0.1, 0.15) is 28.5 Å². The number of esters is 1. The zero-order valence-corrected chi connectivity index (χ0v) is 106. The van der Waals surface area contributed by atoms with E-state index in [1.165, 1.54) is 12.7 Å². The minimum Gasteiger partial charge on any atom is -0.460 e. The molecule has 4 heterocycles. The van der Waals surface area contributed by atoms with Gasteiger partial charge in [-0.2, -0.15) is 0 Å². The lowest BCUT2D eigenvalue weighted by atomic mass is 10.0. The smallest absolute Gasteiger partial charge is 0.306 e. The molecule has 4 aromatic carbocycles. The minimum atomic E-state index is -0.477. The molecule has 8 rings (SSSR count). The molecular formula is C49H97ClN6O4P46. The Balaban J connectivity index is 0.000000296. The van der Waals surface area contributed by atoms with Crippen LogP contribution in [-0.4, -0.2) is 50.8 Å². The molecule has 27 unspecified atom stereocenters. The van der Waals surface area contributed by atoms with Crippen LogP contribution in [0, 0.1) is 0 Å². The largest absolute Gasteiger partial charge is 0.460 e. The highest BCUT2D eigenvalue weighted by molar-refractivity contribution is 9.31. The van der Waals surface area contributed by atoms with Crippen molar-refractivity contribution in [3.05, 3.63) is 161 Å². The van der Waals surface area contributed by atoms with Crippen molar-refractivity contribution in [2.45, 2.75) is 70.8 Å². The first-order chi connectivity index (χ1) is 49.2. The lowest BCUT2D eigenvalue weighted by molar-refractivity contribution is -0.154. The Kier molecular flexibility index (Phi) is 55.9. The highest BCUT2D eigenvalue weighted by Gasteiger charge is 2.69. The number of para-hydroxylation sites is 2. The van der Waals surface area contributed by atoms with Gasteiger partial charge in [-0.15, -0.1) is 223 Å². The third-order valence-electron chi connectivity index (χ3n) is 14.0. The fourth-order valence-corrected chi connectivity index (χ4v) is 478. The van der Waals surface area contributed by atoms with Crippen LogP contribution in [-0.2, 0) is 27.2 Å². The third kappa shape index (κ3) is 31.4. The fraction of sp³-hybridized carbons (Fsp3) is 0.224. The number of H-pyrrole nitrogens is 1. The molecule has 0 radical (unpaired) electrons. The first kappa shape index (κ1) is 110. The summed E-state index contributed by atoms with van der Waals surface area (Å²) in [6.07, 6.45) is 9.02. The summed E-state index contributed by atoms with van der Waals surface area (Å²) >= 11 is 6.49. The molecule has 0 aliphatic carbocycles. The number of Topliss-reactive ketones (excluding diaryl/α,β-unsaturated/α-hetero) is 1. The molecule has 584 valence electrons. The summed E-state index contributed by atoms with van der Waals surface area (Å²) in [4.78, 5) is 51.7. The van der Waals surface area contributed by atoms with Crippen molar-refractivity contribution < 1.29 is 14.3 Å². The summed E-state index contributed by atoms with van der Waals surface area (Å²) in [6, 6.07) is 35.9. The first-order valence-electron chi connectivity index (χ1n) is 29.8. The zero-order chi connectivity index (χ0) is 78.4. The Labute approximate surface area is 717 Å². The van der Waals surface area contributed by atoms with E-state index in [4.69, 9.17) is 16.3 Å². The number of aromatic nitrogens is 6. The van der Waals surface area contributed by atoms with Crippen molar-refractivity contribution in [3.8, 4) is 33.6 Å². The average Bonchev–Trinajstić information content (AvgIpc) is 1.03. The van der Waals surface area contributed by atoms with Gasteiger partial charge >= 0.3 is 5.97 Å². The highest BCUT2D eigenvalue weighted by Crippen LogP contribution is 3.39. The van der Waals surface area contributed by atoms with E-state index in [0.717, 1.165) is 55.8 Å². The normalized spacial score (nSPS) is 13.2. The SMILES string of the molecule is C.CC(=O)CCc1cccc(-c2cn(-c3ccccc3)c3nc[nH]c(=O)c23)c1.CC(C)(C)OC(=O)CCc1cccc(-c2cn(-c3ccccc3)c3ncnc(Cl)c23)c1.PP(P)P(P)P(P(P)P)C(P(P(P)P)P(P)P)(P(P(P(P)P)P(P)P)P(P(P)P)P(P)P)P(P(P(P)P)P(P)P)P(P(P)P)P(P)P. The topological polar surface area (TPSA) is 125 Å². The molecule has 27 atom stereocenters. The second-order valence-corrected chi connectivity index (χ2v) is 198. The summed E-state index contributed by atoms with van der Waals surface area (Å²) < 4.78 is 9.80. The van der Waals surface area contributed by atoms with Crippen LogP contribution in [0.4, 0.5) is 0 Å². The van der Waals surface area contributed by atoms with Crippen molar-refractivity contribution in [2.75, 3.05) is 0 Å². The maximum absolute atomic E-state index is 12.6. The van der Waals surface area contributed by atoms with Gasteiger partial charge in [-0.1, -0.05) is 104 Å². The molecule has 8 aromatic rings. The number of fused-ring (bicyclic) bond motifs is 2. The molecule has 0 saturated carbocycles. The van der Waals surface area contributed by atoms with E-state index in [0.29, 0.717) is 46.2 Å². The standard InChI is InChI=1S/C25H24ClN3O2.C22H19N3O2.CH50P46.CH4/c1-25(2,3)31-21(30)13-12-17-8-7-9-18(14-17)20-15-29(19-10-5-4-6-11-19)24-22(20)23(26)27-16-28-24;1-15(26)10-11-16-6-5-7-17(12-16)19-13-25(18-8-3-2-4-9-18)21-20(19)22(27)24-14-23-21;2-31(3)27(32(4)5)1(28(33(6)7)43(26)34(8)9,29(44(35(10)11)36(12)13)45(37(14)15)38(16)17)30(46(39(18)19)40(20)21)47(41(22)23)42(24)25;/h4-11,14-16H,12-13H2,1-3H3;2-9,12-14H,10-11H2,1H3,(H,23,24,27);2-26H2;1H4. The van der Waals surface area contributed by atoms with E-state index >= 15 is 0 Å². The number of halogens is 1. The Morgan fingerprint density at radius 1 is 0.462 bits per heavy atom. The predicted molar refractivity (Wildman–Crippen MR) is 627 cm³/mol. The van der Waals surface area contributed by atoms with Crippen LogP contribution in [0.2, 0.25) is 5.15 Å². The number of nitrogens with one attached hydrogen (secondary N) is 1. The molecule has 4 aromatic heterocycles. The maximum atomic E-state index is 12.6. The number of aryl methyl sites for hydroxylation is 2. The molecule has 0 fully saturated rings. The van der Waals surface area contributed by atoms with Gasteiger partial charge in [0.05, 0.1) is 21.5 Å². The number of ether oxygens (including phenoxy) is 1. The predicted octanol–water partition coefficient (Wildman–Crippen LogP) is 36.6. The number of hydrogen-bond donors (Lipinski definition) is 1. The fourth-order valence-electron chi connectivity index (χ4n) is 10.1. The number of nitrogens with zero attached hydrogens (tertiary/aromatic N) is 5. The molecule has 10 nitrogen and oxygen atoms in total. The summed E-state index contributed by atoms with van der Waals surface area (Å²) in [5.74, 6) is -0.0308. The van der Waals surface area contributed by atoms with Crippen LogP contribution in [0.25, 0.3) is 55.7 Å². The molecule has 0 amide bonds. The molecule has 0 aliphatic rings. The monoisotopic (exact) mass is 2290 g/mol. The summed E-state index contributed by atoms with van der Waals surface area (Å²) in [7, 11) is 85.8. The minimum absolute atomic E-state index is 0. The van der Waals surface area contributed by atoms with Gasteiger partial charge < -0.3 is 23.6 Å². The number of ketones is 1. The number of carbonyl (C=O) groups is 2. The summed E-state index contributed by atoms with van der Waals surface area (Å²) in [5.41, 5.74) is 8.50. The van der Waals surface area contributed by atoms with Crippen LogP contribution in [0.3, 0.4) is 0 Å². The molecule has 0 spiro atoms. The molecule has 0 aliphatic heterocycles. The average molecular weight is 2290 g/mol. The molecule has 57 heteroatoms. The van der Waals surface area contributed by atoms with Gasteiger partial charge in [0, 0.05) is 47.7 Å². The van der Waals surface area contributed by atoms with Gasteiger partial charge in [0.2, 0.25) is 0 Å². The molecular weight excluding hydrogens is 2200 g/mol. The van der Waals surface area contributed by atoms with Crippen molar-refractivity contribution in [3.63, 3.8) is 0 Å². The van der Waals surface area contributed by atoms with E-state index < -0.39 is 5.60 Å². The number of hydrogen-bond acceptors (Lipinski definition) is 7. The number of carbonyl (C=O) groups excluding carboxylic acids is 2. The molecule has 1 N–H and O–H groups in total. The van der Waals surface area contributed by atoms with Crippen LogP contribution >= 0.6 is 383 Å². The molecule has 106 heavy (non-hydrogen) atoms. The Morgan fingerprint density at radius 3 is 1.20 bits per heavy atom. The second-order valence-electron chi connectivity index (χ2n) is 22.7. The van der Waals surface area contributed by atoms with Crippen LogP contribution < -0.4 is 5.56 Å². The lowest BCUT2D eigenvalue weighted by Gasteiger charge is -2.66. The number of rotatable bonds is 31. The van der Waals surface area contributed by atoms with Gasteiger partial charge in [0.15, 0.2) is 5.65 Å². The van der Waals surface area contributed by atoms with E-state index in [9.17, 15) is 14.4 Å². The van der Waals surface area contributed by atoms with Gasteiger partial charge in [-0.3, -0.25) is 9.59 Å². The number of aromatic amines is 1. The van der Waals surface area contributed by atoms with E-state index in [-0.39, 0.29) is 173 Å². The zero-order valence-electron chi connectivity index (χ0n) is 57.1. The summed E-state index contributed by atoms with van der Waals surface area (Å²) in [6.45, 7) is 3.09. The van der Waals surface area contributed by atoms with Gasteiger partial charge in [0.25, 0.3) is 5.56 Å². The quantitative estimate of drug-likeness (QED) is 0.0261. The van der Waals surface area contributed by atoms with Crippen molar-refractivity contribution in [2.24, 2.45) is 0 Å². The summed E-state index contributed by atoms with van der Waals surface area (Å²) in [5, 5.41) is 1.77. The highest BCUT2D eigenvalue weighted by atomic mass is 35.5. The van der Waals surface area contributed by atoms with Crippen LogP contribution in [0.15, 0.2) is 139 Å². The van der Waals surface area contributed by atoms with Gasteiger partial charge in [-0.25, -0.2) is 15.0 Å². The Morgan fingerprint density at radius 2 is 0.840 bits per heavy atom. The van der Waals surface area contributed by atoms with Crippen molar-refractivity contribution >= 4 is 417 Å². The van der Waals surface area contributed by atoms with Crippen molar-refractivity contribution in [1.82, 2.24) is 29.1 Å². The van der Waals surface area contributed by atoms with E-state index in [2.05, 4.69) is 249 Å². The lowest BCUT2D eigenvalue weighted by Crippen LogP contribution is -2.24. The van der Waals surface area contributed by atoms with Crippen LogP contribution in [0.1, 0.15) is 59.1 Å².